The number of fused-ring (bicyclic) bond motifs is 1. The van der Waals surface area contributed by atoms with Crippen LogP contribution in [0.3, 0.4) is 0 Å². The largest absolute Gasteiger partial charge is 0.222 e. The van der Waals surface area contributed by atoms with Gasteiger partial charge in [-0.3, -0.25) is 0 Å². The Morgan fingerprint density at radius 1 is 0.667 bits per heavy atom. The van der Waals surface area contributed by atoms with Crippen molar-refractivity contribution in [3.05, 3.63) is 119 Å². The molecule has 0 radical (unpaired) electrons. The SMILES string of the molecule is C[N+]1=CC(=C2C=C(c3ccccc3)[Se]C(c3ccccc3)=C2)c2ccccc21.[O-][Cl+3]([O-])([O-])[O-]. The molecular weight excluding hydrogens is 505 g/mol. The van der Waals surface area contributed by atoms with Gasteiger partial charge in [0.2, 0.25) is 0 Å². The fourth-order valence-corrected chi connectivity index (χ4v) is 6.06. The molecule has 5 rings (SSSR count). The number of hydrogen-bond acceptors (Lipinski definition) is 4. The van der Waals surface area contributed by atoms with Gasteiger partial charge in [0.15, 0.2) is 0 Å². The predicted molar refractivity (Wildman–Crippen MR) is 120 cm³/mol. The normalized spacial score (nSPS) is 15.1. The second kappa shape index (κ2) is 9.99. The molecular formula is C26H20ClNO4Se. The molecule has 33 heavy (non-hydrogen) atoms. The average Bonchev–Trinajstić information content (AvgIpc) is 3.16. The maximum absolute atomic E-state index is 8.49. The van der Waals surface area contributed by atoms with Crippen LogP contribution < -0.4 is 18.6 Å². The van der Waals surface area contributed by atoms with Crippen molar-refractivity contribution in [2.45, 2.75) is 0 Å². The molecule has 0 N–H and O–H groups in total. The van der Waals surface area contributed by atoms with Crippen LogP contribution in [0.4, 0.5) is 5.69 Å². The number of rotatable bonds is 2. The summed E-state index contributed by atoms with van der Waals surface area (Å²) in [6.45, 7) is 0. The average molecular weight is 525 g/mol. The Morgan fingerprint density at radius 2 is 1.12 bits per heavy atom. The van der Waals surface area contributed by atoms with Gasteiger partial charge >= 0.3 is 172 Å². The number of nitrogens with zero attached hydrogens (tertiary/aromatic N) is 1. The zero-order valence-corrected chi connectivity index (χ0v) is 20.2. The summed E-state index contributed by atoms with van der Waals surface area (Å²) in [5, 5.41) is 0. The second-order valence-corrected chi connectivity index (χ2v) is 10.4. The van der Waals surface area contributed by atoms with Crippen LogP contribution >= 0.6 is 0 Å². The molecule has 2 aliphatic heterocycles. The molecule has 3 aromatic carbocycles. The van der Waals surface area contributed by atoms with Crippen molar-refractivity contribution < 1.29 is 33.5 Å². The quantitative estimate of drug-likeness (QED) is 0.367. The van der Waals surface area contributed by atoms with Crippen LogP contribution in [0.1, 0.15) is 16.7 Å². The predicted octanol–water partition coefficient (Wildman–Crippen LogP) is 0.842. The van der Waals surface area contributed by atoms with E-state index in [1.54, 1.807) is 0 Å². The van der Waals surface area contributed by atoms with E-state index in [1.165, 1.54) is 42.5 Å². The molecule has 0 saturated heterocycles. The van der Waals surface area contributed by atoms with Crippen LogP contribution in [0, 0.1) is 10.2 Å². The first-order valence-electron chi connectivity index (χ1n) is 10.0. The summed E-state index contributed by atoms with van der Waals surface area (Å²) in [5.41, 5.74) is 7.81. The van der Waals surface area contributed by atoms with Crippen molar-refractivity contribution in [1.29, 1.82) is 0 Å². The van der Waals surface area contributed by atoms with Gasteiger partial charge in [-0.05, 0) is 0 Å². The fourth-order valence-electron chi connectivity index (χ4n) is 3.72. The van der Waals surface area contributed by atoms with Crippen molar-refractivity contribution in [1.82, 2.24) is 0 Å². The van der Waals surface area contributed by atoms with Gasteiger partial charge in [0.1, 0.15) is 0 Å². The van der Waals surface area contributed by atoms with Crippen molar-refractivity contribution >= 4 is 41.4 Å². The molecule has 0 aromatic heterocycles. The van der Waals surface area contributed by atoms with Crippen LogP contribution in [-0.4, -0.2) is 32.8 Å². The summed E-state index contributed by atoms with van der Waals surface area (Å²) in [4.78, 5) is 0. The molecule has 3 aromatic rings. The third-order valence-electron chi connectivity index (χ3n) is 5.12. The fraction of sp³-hybridized carbons (Fsp3) is 0.0385. The van der Waals surface area contributed by atoms with Gasteiger partial charge < -0.3 is 0 Å². The summed E-state index contributed by atoms with van der Waals surface area (Å²) in [6, 6.07) is 30.2. The first-order valence-corrected chi connectivity index (χ1v) is 13.0. The molecule has 7 heteroatoms. The number of benzene rings is 3. The molecule has 2 heterocycles. The summed E-state index contributed by atoms with van der Waals surface area (Å²) in [5.74, 6) is 0. The molecule has 0 bridgehead atoms. The van der Waals surface area contributed by atoms with E-state index in [4.69, 9.17) is 18.6 Å². The van der Waals surface area contributed by atoms with Crippen LogP contribution in [-0.2, 0) is 0 Å². The Bertz CT molecular complexity index is 1210. The standard InChI is InChI=1S/C26H20NSe.ClHO4/c1-27-18-23(22-14-8-9-15-24(22)27)21-16-25(19-10-4-2-5-11-19)28-26(17-21)20-12-6-3-7-13-20;2-1(3,4)5/h2-18H,1H3;(H,2,3,4,5)/q+1;/p-1. The van der Waals surface area contributed by atoms with E-state index in [9.17, 15) is 0 Å². The van der Waals surface area contributed by atoms with E-state index >= 15 is 0 Å². The van der Waals surface area contributed by atoms with Crippen LogP contribution in [0.15, 0.2) is 103 Å². The topological polar surface area (TPSA) is 95.2 Å². The van der Waals surface area contributed by atoms with Gasteiger partial charge in [0, 0.05) is 0 Å². The third kappa shape index (κ3) is 5.96. The van der Waals surface area contributed by atoms with E-state index in [0.717, 1.165) is 0 Å². The minimum atomic E-state index is -4.94. The van der Waals surface area contributed by atoms with Gasteiger partial charge in [0.25, 0.3) is 0 Å². The van der Waals surface area contributed by atoms with Crippen molar-refractivity contribution in [2.24, 2.45) is 0 Å². The van der Waals surface area contributed by atoms with E-state index in [2.05, 4.69) is 115 Å². The maximum atomic E-state index is 8.49. The second-order valence-electron chi connectivity index (χ2n) is 7.36. The third-order valence-corrected chi connectivity index (χ3v) is 7.52. The van der Waals surface area contributed by atoms with Gasteiger partial charge in [-0.1, -0.05) is 0 Å². The van der Waals surface area contributed by atoms with Crippen molar-refractivity contribution in [3.63, 3.8) is 0 Å². The molecule has 5 nitrogen and oxygen atoms in total. The number of allylic oxidation sites excluding steroid dienone is 4. The summed E-state index contributed by atoms with van der Waals surface area (Å²) >= 11 is 0.275. The Morgan fingerprint density at radius 3 is 1.64 bits per heavy atom. The van der Waals surface area contributed by atoms with Crippen LogP contribution in [0.2, 0.25) is 0 Å². The number of para-hydroxylation sites is 1. The Kier molecular flexibility index (Phi) is 7.08. The van der Waals surface area contributed by atoms with E-state index in [0.29, 0.717) is 0 Å². The smallest absolute Gasteiger partial charge is 0.112 e. The zero-order valence-electron chi connectivity index (χ0n) is 17.7. The Balaban J connectivity index is 0.000000471. The van der Waals surface area contributed by atoms with E-state index < -0.39 is 10.2 Å². The number of halogens is 1. The molecule has 0 unspecified atom stereocenters. The number of hydrogen-bond donors (Lipinski definition) is 0. The molecule has 0 atom stereocenters. The summed E-state index contributed by atoms with van der Waals surface area (Å²) in [7, 11) is -2.82. The first-order chi connectivity index (χ1) is 15.8. The van der Waals surface area contributed by atoms with Gasteiger partial charge in [-0.25, -0.2) is 18.6 Å². The van der Waals surface area contributed by atoms with Gasteiger partial charge in [-0.15, -0.1) is 10.2 Å². The van der Waals surface area contributed by atoms with Crippen molar-refractivity contribution in [3.8, 4) is 0 Å². The van der Waals surface area contributed by atoms with Crippen LogP contribution in [0.5, 0.6) is 0 Å². The molecule has 0 fully saturated rings. The first kappa shape index (κ1) is 23.4. The van der Waals surface area contributed by atoms with Crippen LogP contribution in [0.25, 0.3) is 14.5 Å². The molecule has 0 saturated carbocycles. The summed E-state index contributed by atoms with van der Waals surface area (Å²) in [6.07, 6.45) is 7.05. The van der Waals surface area contributed by atoms with Gasteiger partial charge in [0.05, 0.1) is 0 Å². The molecule has 166 valence electrons. The van der Waals surface area contributed by atoms with E-state index in [1.807, 2.05) is 0 Å². The minimum absolute atomic E-state index is 0.275. The van der Waals surface area contributed by atoms with Gasteiger partial charge in [-0.2, -0.15) is 0 Å². The Hall–Kier alpha value is -2.80. The minimum Gasteiger partial charge on any atom is -0.222 e. The molecule has 0 spiro atoms. The zero-order chi connectivity index (χ0) is 23.4. The van der Waals surface area contributed by atoms with Crippen molar-refractivity contribution in [2.75, 3.05) is 7.05 Å². The van der Waals surface area contributed by atoms with E-state index in [-0.39, 0.29) is 15.0 Å². The molecule has 0 amide bonds. The molecule has 0 aliphatic carbocycles. The molecule has 2 aliphatic rings. The monoisotopic (exact) mass is 525 g/mol. The maximum Gasteiger partial charge on any atom is -0.112 e. The Labute approximate surface area is 200 Å². The summed E-state index contributed by atoms with van der Waals surface area (Å²) < 4.78 is 39.1.